The number of rotatable bonds is 1. The summed E-state index contributed by atoms with van der Waals surface area (Å²) in [4.78, 5) is 15.3. The molecule has 0 saturated heterocycles. The number of aromatic carboxylic acids is 1. The van der Waals surface area contributed by atoms with Gasteiger partial charge in [0.05, 0.1) is 29.1 Å². The molecule has 0 fully saturated rings. The van der Waals surface area contributed by atoms with Crippen molar-refractivity contribution in [2.45, 2.75) is 0 Å². The Bertz CT molecular complexity index is 710. The summed E-state index contributed by atoms with van der Waals surface area (Å²) in [7, 11) is 1.82. The third-order valence-electron chi connectivity index (χ3n) is 2.66. The molecule has 0 amide bonds. The number of nitrogens with zero attached hydrogens (tertiary/aromatic N) is 3. The molecule has 6 heteroatoms. The van der Waals surface area contributed by atoms with Gasteiger partial charge in [0.15, 0.2) is 0 Å². The Labute approximate surface area is 89.5 Å². The van der Waals surface area contributed by atoms with E-state index in [9.17, 15) is 4.79 Å². The molecule has 1 aromatic carbocycles. The first-order chi connectivity index (χ1) is 7.68. The van der Waals surface area contributed by atoms with Crippen LogP contribution in [0.4, 0.5) is 0 Å². The summed E-state index contributed by atoms with van der Waals surface area (Å²) in [6.45, 7) is 0. The zero-order valence-corrected chi connectivity index (χ0v) is 8.43. The van der Waals surface area contributed by atoms with Crippen LogP contribution in [-0.2, 0) is 7.05 Å². The summed E-state index contributed by atoms with van der Waals surface area (Å²) in [5.74, 6) is -0.963. The molecule has 3 aromatic rings. The Balaban J connectivity index is 2.59. The molecule has 0 radical (unpaired) electrons. The second-order valence-electron chi connectivity index (χ2n) is 3.61. The molecule has 0 aliphatic carbocycles. The Morgan fingerprint density at radius 2 is 2.38 bits per heavy atom. The topological polar surface area (TPSA) is 83.8 Å². The molecule has 6 nitrogen and oxygen atoms in total. The first-order valence-electron chi connectivity index (χ1n) is 4.69. The van der Waals surface area contributed by atoms with Crippen molar-refractivity contribution in [2.24, 2.45) is 7.05 Å². The van der Waals surface area contributed by atoms with Crippen molar-refractivity contribution in [3.05, 3.63) is 24.2 Å². The second-order valence-corrected chi connectivity index (χ2v) is 3.61. The van der Waals surface area contributed by atoms with Crippen molar-refractivity contribution in [1.29, 1.82) is 0 Å². The molecule has 0 unspecified atom stereocenters. The van der Waals surface area contributed by atoms with Gasteiger partial charge in [-0.25, -0.2) is 9.78 Å². The van der Waals surface area contributed by atoms with Gasteiger partial charge in [-0.1, -0.05) is 0 Å². The smallest absolute Gasteiger partial charge is 0.336 e. The van der Waals surface area contributed by atoms with Crippen LogP contribution in [0.25, 0.3) is 21.9 Å². The summed E-state index contributed by atoms with van der Waals surface area (Å²) in [5, 5.41) is 16.3. The largest absolute Gasteiger partial charge is 0.478 e. The summed E-state index contributed by atoms with van der Waals surface area (Å²) < 4.78 is 1.78. The zero-order valence-electron chi connectivity index (χ0n) is 8.43. The van der Waals surface area contributed by atoms with Gasteiger partial charge in [-0.05, 0) is 6.07 Å². The number of aryl methyl sites for hydroxylation is 1. The first-order valence-corrected chi connectivity index (χ1v) is 4.69. The molecule has 0 bridgehead atoms. The highest BCUT2D eigenvalue weighted by Gasteiger charge is 2.15. The molecular weight excluding hydrogens is 208 g/mol. The number of aromatic nitrogens is 4. The third-order valence-corrected chi connectivity index (χ3v) is 2.66. The number of carbonyl (C=O) groups is 1. The van der Waals surface area contributed by atoms with Crippen LogP contribution in [0.1, 0.15) is 10.4 Å². The van der Waals surface area contributed by atoms with E-state index in [0.29, 0.717) is 10.9 Å². The van der Waals surface area contributed by atoms with Crippen molar-refractivity contribution in [3.8, 4) is 0 Å². The van der Waals surface area contributed by atoms with Crippen LogP contribution in [-0.4, -0.2) is 30.8 Å². The minimum atomic E-state index is -0.963. The average molecular weight is 216 g/mol. The fourth-order valence-electron chi connectivity index (χ4n) is 1.86. The maximum absolute atomic E-state index is 11.1. The van der Waals surface area contributed by atoms with Crippen molar-refractivity contribution < 1.29 is 9.90 Å². The lowest BCUT2D eigenvalue weighted by molar-refractivity contribution is 0.0699. The number of carboxylic acids is 1. The predicted octanol–water partition coefficient (Wildman–Crippen LogP) is 1.15. The molecule has 2 N–H and O–H groups in total. The van der Waals surface area contributed by atoms with E-state index >= 15 is 0 Å². The van der Waals surface area contributed by atoms with Gasteiger partial charge in [0.1, 0.15) is 5.52 Å². The lowest BCUT2D eigenvalue weighted by Crippen LogP contribution is -1.98. The molecule has 2 aromatic heterocycles. The minimum Gasteiger partial charge on any atom is -0.478 e. The zero-order chi connectivity index (χ0) is 11.3. The molecule has 2 heterocycles. The summed E-state index contributed by atoms with van der Waals surface area (Å²) >= 11 is 0. The number of carboxylic acid groups (broad SMARTS) is 1. The predicted molar refractivity (Wildman–Crippen MR) is 57.3 cm³/mol. The van der Waals surface area contributed by atoms with Crippen LogP contribution in [0.2, 0.25) is 0 Å². The lowest BCUT2D eigenvalue weighted by Gasteiger charge is -1.99. The lowest BCUT2D eigenvalue weighted by atomic mass is 10.1. The number of nitrogens with one attached hydrogen (secondary N) is 1. The molecule has 3 rings (SSSR count). The van der Waals surface area contributed by atoms with Gasteiger partial charge in [-0.3, -0.25) is 5.10 Å². The standard InChI is InChI=1S/C10H8N4O2/c1-14-4-11-9-7(14)2-5(10(15)16)6-3-12-13-8(6)9/h2-4H,1H3,(H,12,13)(H,15,16). The Morgan fingerprint density at radius 1 is 1.56 bits per heavy atom. The fraction of sp³-hybridized carbons (Fsp3) is 0.100. The van der Waals surface area contributed by atoms with E-state index in [1.165, 1.54) is 6.20 Å². The van der Waals surface area contributed by atoms with Crippen LogP contribution in [0.5, 0.6) is 0 Å². The Morgan fingerprint density at radius 3 is 3.12 bits per heavy atom. The molecule has 0 saturated carbocycles. The maximum atomic E-state index is 11.1. The molecule has 0 spiro atoms. The van der Waals surface area contributed by atoms with E-state index in [-0.39, 0.29) is 5.56 Å². The molecular formula is C10H8N4O2. The Hall–Kier alpha value is -2.37. The van der Waals surface area contributed by atoms with Gasteiger partial charge in [-0.15, -0.1) is 0 Å². The van der Waals surface area contributed by atoms with Crippen molar-refractivity contribution in [2.75, 3.05) is 0 Å². The number of hydrogen-bond acceptors (Lipinski definition) is 3. The van der Waals surface area contributed by atoms with E-state index in [1.807, 2.05) is 7.05 Å². The van der Waals surface area contributed by atoms with Gasteiger partial charge >= 0.3 is 5.97 Å². The van der Waals surface area contributed by atoms with E-state index in [1.54, 1.807) is 17.0 Å². The van der Waals surface area contributed by atoms with E-state index in [4.69, 9.17) is 5.11 Å². The number of fused-ring (bicyclic) bond motifs is 3. The molecule has 0 aliphatic rings. The van der Waals surface area contributed by atoms with Crippen LogP contribution in [0.3, 0.4) is 0 Å². The van der Waals surface area contributed by atoms with Crippen molar-refractivity contribution >= 4 is 27.9 Å². The molecule has 0 aliphatic heterocycles. The number of H-pyrrole nitrogens is 1. The molecule has 80 valence electrons. The van der Waals surface area contributed by atoms with E-state index in [0.717, 1.165) is 11.0 Å². The van der Waals surface area contributed by atoms with Crippen LogP contribution < -0.4 is 0 Å². The summed E-state index contributed by atoms with van der Waals surface area (Å²) in [6, 6.07) is 1.61. The van der Waals surface area contributed by atoms with E-state index in [2.05, 4.69) is 15.2 Å². The summed E-state index contributed by atoms with van der Waals surface area (Å²) in [6.07, 6.45) is 3.16. The van der Waals surface area contributed by atoms with Gasteiger partial charge in [0, 0.05) is 12.4 Å². The third kappa shape index (κ3) is 0.979. The first kappa shape index (κ1) is 8.90. The SMILES string of the molecule is Cn1cnc2c3[nH]ncc3c(C(=O)O)cc21. The van der Waals surface area contributed by atoms with E-state index < -0.39 is 5.97 Å². The number of benzene rings is 1. The number of imidazole rings is 1. The quantitative estimate of drug-likeness (QED) is 0.639. The highest BCUT2D eigenvalue weighted by Crippen LogP contribution is 2.25. The van der Waals surface area contributed by atoms with Crippen molar-refractivity contribution in [3.63, 3.8) is 0 Å². The maximum Gasteiger partial charge on any atom is 0.336 e. The van der Waals surface area contributed by atoms with Crippen LogP contribution in [0.15, 0.2) is 18.6 Å². The van der Waals surface area contributed by atoms with Gasteiger partial charge < -0.3 is 9.67 Å². The molecule has 0 atom stereocenters. The summed E-state index contributed by atoms with van der Waals surface area (Å²) in [5.41, 5.74) is 2.41. The van der Waals surface area contributed by atoms with Gasteiger partial charge in [-0.2, -0.15) is 5.10 Å². The van der Waals surface area contributed by atoms with Crippen LogP contribution >= 0.6 is 0 Å². The second kappa shape index (κ2) is 2.82. The Kier molecular flexibility index (Phi) is 1.57. The highest BCUT2D eigenvalue weighted by molar-refractivity contribution is 6.12. The normalized spacial score (nSPS) is 11.3. The average Bonchev–Trinajstić information content (AvgIpc) is 2.83. The minimum absolute atomic E-state index is 0.236. The van der Waals surface area contributed by atoms with Gasteiger partial charge in [0.25, 0.3) is 0 Å². The van der Waals surface area contributed by atoms with Gasteiger partial charge in [0.2, 0.25) is 0 Å². The number of aromatic amines is 1. The monoisotopic (exact) mass is 216 g/mol. The highest BCUT2D eigenvalue weighted by atomic mass is 16.4. The van der Waals surface area contributed by atoms with Crippen LogP contribution in [0, 0.1) is 0 Å². The van der Waals surface area contributed by atoms with Crippen molar-refractivity contribution in [1.82, 2.24) is 19.7 Å². The number of hydrogen-bond donors (Lipinski definition) is 2. The fourth-order valence-corrected chi connectivity index (χ4v) is 1.86. The molecule has 16 heavy (non-hydrogen) atoms.